The number of H-pyrrole nitrogens is 1. The lowest BCUT2D eigenvalue weighted by molar-refractivity contribution is -0.121. The normalized spacial score (nSPS) is 17.3. The number of hydrogen-bond acceptors (Lipinski definition) is 6. The maximum Gasteiger partial charge on any atom is 0.165 e. The number of unbranched alkanes of at least 4 members (excludes halogenated alkanes) is 1. The summed E-state index contributed by atoms with van der Waals surface area (Å²) in [5, 5.41) is 22.1. The van der Waals surface area contributed by atoms with Crippen LogP contribution in [0.15, 0.2) is 61.1 Å². The Bertz CT molecular complexity index is 1640. The summed E-state index contributed by atoms with van der Waals surface area (Å²) in [5.41, 5.74) is 17.4. The topological polar surface area (TPSA) is 140 Å². The molecule has 8 nitrogen and oxygen atoms in total. The molecule has 2 fully saturated rings. The Hall–Kier alpha value is -3.59. The third kappa shape index (κ3) is 8.16. The fourth-order valence-electron chi connectivity index (χ4n) is 8.28. The number of phenols is 1. The van der Waals surface area contributed by atoms with E-state index < -0.39 is 12.3 Å². The standard InChI is InChI=1S/C40H54N4O4/c41-39(42)30-12-8-13-31(22-30)40(19-6-7-20-40)35-24-43-36-26-44(25-34(35)36)27-48-38-21-29(16-18-37(38)47)15-17-33(46)23-32(45)14-5-4-11-28-9-2-1-3-10-28/h8,12-13,16,18,21-22,24-26,28,32,39,43,45,47H,1-7,9-11,14-15,17,19-20,23,27,41-42H2. The number of ketones is 1. The van der Waals surface area contributed by atoms with Crippen LogP contribution in [0.5, 0.6) is 11.5 Å². The number of nitrogens with zero attached hydrogens (tertiary/aromatic N) is 1. The number of Topliss-reactive ketones (excluding diaryl/α,β-unsaturated/α-hetero) is 1. The van der Waals surface area contributed by atoms with Crippen molar-refractivity contribution in [2.24, 2.45) is 17.4 Å². The number of aromatic nitrogens is 2. The van der Waals surface area contributed by atoms with Gasteiger partial charge in [0.25, 0.3) is 0 Å². The number of aromatic amines is 1. The summed E-state index contributed by atoms with van der Waals surface area (Å²) >= 11 is 0. The first kappa shape index (κ1) is 34.3. The molecule has 1 unspecified atom stereocenters. The minimum atomic E-state index is -0.562. The number of phenolic OH excluding ortho intramolecular Hbond substituents is 1. The largest absolute Gasteiger partial charge is 0.504 e. The maximum absolute atomic E-state index is 12.7. The fraction of sp³-hybridized carbons (Fsp3) is 0.525. The van der Waals surface area contributed by atoms with Crippen LogP contribution < -0.4 is 16.2 Å². The van der Waals surface area contributed by atoms with Crippen molar-refractivity contribution in [1.29, 1.82) is 0 Å². The number of aliphatic hydroxyl groups excluding tert-OH is 1. The Morgan fingerprint density at radius 3 is 2.62 bits per heavy atom. The van der Waals surface area contributed by atoms with E-state index in [0.29, 0.717) is 25.0 Å². The molecule has 0 amide bonds. The molecule has 0 spiro atoms. The number of aromatic hydroxyl groups is 1. The molecule has 2 aromatic heterocycles. The van der Waals surface area contributed by atoms with E-state index in [1.165, 1.54) is 49.7 Å². The number of rotatable bonds is 16. The highest BCUT2D eigenvalue weighted by atomic mass is 16.5. The first-order chi connectivity index (χ1) is 23.3. The molecule has 258 valence electrons. The molecule has 0 saturated heterocycles. The summed E-state index contributed by atoms with van der Waals surface area (Å²) in [6, 6.07) is 13.7. The molecule has 2 aliphatic carbocycles. The minimum Gasteiger partial charge on any atom is -0.504 e. The van der Waals surface area contributed by atoms with Crippen LogP contribution in [0.4, 0.5) is 0 Å². The molecular formula is C40H54N4O4. The molecule has 2 aliphatic rings. The third-order valence-electron chi connectivity index (χ3n) is 11.0. The molecule has 48 heavy (non-hydrogen) atoms. The Kier molecular flexibility index (Phi) is 11.2. The zero-order valence-corrected chi connectivity index (χ0v) is 28.3. The smallest absolute Gasteiger partial charge is 0.165 e. The van der Waals surface area contributed by atoms with Gasteiger partial charge in [-0.05, 0) is 66.0 Å². The van der Waals surface area contributed by atoms with Crippen LogP contribution in [-0.2, 0) is 23.4 Å². The van der Waals surface area contributed by atoms with Gasteiger partial charge in [-0.1, -0.05) is 94.5 Å². The summed E-state index contributed by atoms with van der Waals surface area (Å²) in [5.74, 6) is 1.39. The quantitative estimate of drug-likeness (QED) is 0.0615. The number of ether oxygens (including phenoxy) is 1. The van der Waals surface area contributed by atoms with Crippen LogP contribution in [-0.4, -0.2) is 31.7 Å². The van der Waals surface area contributed by atoms with E-state index in [9.17, 15) is 15.0 Å². The van der Waals surface area contributed by atoms with Crippen LogP contribution >= 0.6 is 0 Å². The molecule has 2 saturated carbocycles. The highest BCUT2D eigenvalue weighted by Gasteiger charge is 2.39. The maximum atomic E-state index is 12.7. The average Bonchev–Trinajstić information content (AvgIpc) is 3.84. The first-order valence-electron chi connectivity index (χ1n) is 18.2. The average molecular weight is 655 g/mol. The Labute approximate surface area is 284 Å². The van der Waals surface area contributed by atoms with Gasteiger partial charge in [-0.25, -0.2) is 0 Å². The Morgan fingerprint density at radius 1 is 1.02 bits per heavy atom. The van der Waals surface area contributed by atoms with Gasteiger partial charge in [0.2, 0.25) is 0 Å². The van der Waals surface area contributed by atoms with Crippen molar-refractivity contribution in [3.05, 3.63) is 83.3 Å². The minimum absolute atomic E-state index is 0.0648. The number of carbonyl (C=O) groups is 1. The Balaban J connectivity index is 1.03. The van der Waals surface area contributed by atoms with Crippen LogP contribution in [0.2, 0.25) is 0 Å². The van der Waals surface area contributed by atoms with Gasteiger partial charge in [-0.15, -0.1) is 0 Å². The zero-order valence-electron chi connectivity index (χ0n) is 28.3. The number of nitrogens with one attached hydrogen (secondary N) is 1. The predicted octanol–water partition coefficient (Wildman–Crippen LogP) is 7.88. The molecule has 2 heterocycles. The van der Waals surface area contributed by atoms with Gasteiger partial charge in [0.15, 0.2) is 18.2 Å². The number of fused-ring (bicyclic) bond motifs is 1. The van der Waals surface area contributed by atoms with Crippen LogP contribution in [0, 0.1) is 5.92 Å². The van der Waals surface area contributed by atoms with Gasteiger partial charge in [0.05, 0.1) is 17.8 Å². The van der Waals surface area contributed by atoms with Gasteiger partial charge < -0.3 is 36.0 Å². The van der Waals surface area contributed by atoms with Crippen molar-refractivity contribution < 1.29 is 19.7 Å². The molecule has 2 aromatic carbocycles. The summed E-state index contributed by atoms with van der Waals surface area (Å²) in [6.45, 7) is 0.232. The highest BCUT2D eigenvalue weighted by Crippen LogP contribution is 2.49. The lowest BCUT2D eigenvalue weighted by Crippen LogP contribution is -2.25. The van der Waals surface area contributed by atoms with E-state index >= 15 is 0 Å². The number of hydrogen-bond donors (Lipinski definition) is 5. The molecule has 4 aromatic rings. The van der Waals surface area contributed by atoms with Gasteiger partial charge in [0, 0.05) is 42.2 Å². The van der Waals surface area contributed by atoms with E-state index in [1.807, 2.05) is 29.0 Å². The molecule has 8 heteroatoms. The summed E-state index contributed by atoms with van der Waals surface area (Å²) < 4.78 is 8.09. The van der Waals surface area contributed by atoms with Crippen molar-refractivity contribution in [3.63, 3.8) is 0 Å². The lowest BCUT2D eigenvalue weighted by Gasteiger charge is -2.30. The van der Waals surface area contributed by atoms with Crippen LogP contribution in [0.3, 0.4) is 0 Å². The highest BCUT2D eigenvalue weighted by molar-refractivity contribution is 5.85. The third-order valence-corrected chi connectivity index (χ3v) is 11.0. The number of nitrogens with two attached hydrogens (primary N) is 2. The van der Waals surface area contributed by atoms with Crippen LogP contribution in [0.25, 0.3) is 10.9 Å². The molecule has 0 bridgehead atoms. The molecule has 6 rings (SSSR count). The number of benzene rings is 2. The van der Waals surface area contributed by atoms with E-state index in [0.717, 1.165) is 66.5 Å². The van der Waals surface area contributed by atoms with Crippen molar-refractivity contribution in [1.82, 2.24) is 9.55 Å². The number of aryl methyl sites for hydroxylation is 1. The summed E-state index contributed by atoms with van der Waals surface area (Å²) in [4.78, 5) is 16.1. The van der Waals surface area contributed by atoms with E-state index in [-0.39, 0.29) is 30.1 Å². The van der Waals surface area contributed by atoms with Gasteiger partial charge >= 0.3 is 0 Å². The van der Waals surface area contributed by atoms with Gasteiger partial charge in [0.1, 0.15) is 5.78 Å². The SMILES string of the molecule is NC(N)c1cccc(C2(c3c[nH]c4cn(COc5cc(CCC(=O)CC(O)CCCCC6CCCCC6)ccc5O)cc34)CCCC2)c1. The second-order valence-corrected chi connectivity index (χ2v) is 14.5. The van der Waals surface area contributed by atoms with Crippen LogP contribution in [0.1, 0.15) is 125 Å². The van der Waals surface area contributed by atoms with Crippen molar-refractivity contribution in [3.8, 4) is 11.5 Å². The second-order valence-electron chi connectivity index (χ2n) is 14.5. The fourth-order valence-corrected chi connectivity index (χ4v) is 8.28. The van der Waals surface area contributed by atoms with E-state index in [2.05, 4.69) is 35.6 Å². The summed E-state index contributed by atoms with van der Waals surface area (Å²) in [6.07, 6.45) is 21.7. The predicted molar refractivity (Wildman–Crippen MR) is 191 cm³/mol. The van der Waals surface area contributed by atoms with Crippen molar-refractivity contribution >= 4 is 16.7 Å². The lowest BCUT2D eigenvalue weighted by atomic mass is 9.73. The zero-order chi connectivity index (χ0) is 33.5. The van der Waals surface area contributed by atoms with Crippen molar-refractivity contribution in [2.45, 2.75) is 127 Å². The second kappa shape index (κ2) is 15.7. The van der Waals surface area contributed by atoms with E-state index in [1.54, 1.807) is 6.07 Å². The van der Waals surface area contributed by atoms with Crippen molar-refractivity contribution in [2.75, 3.05) is 0 Å². The monoisotopic (exact) mass is 654 g/mol. The molecule has 0 aliphatic heterocycles. The van der Waals surface area contributed by atoms with Gasteiger partial charge in [-0.3, -0.25) is 4.79 Å². The number of aliphatic hydroxyl groups is 1. The van der Waals surface area contributed by atoms with E-state index in [4.69, 9.17) is 16.2 Å². The Morgan fingerprint density at radius 2 is 1.83 bits per heavy atom. The molecule has 0 radical (unpaired) electrons. The number of carbonyl (C=O) groups excluding carboxylic acids is 1. The molecule has 7 N–H and O–H groups in total. The molecular weight excluding hydrogens is 600 g/mol. The molecule has 1 atom stereocenters. The first-order valence-corrected chi connectivity index (χ1v) is 18.2. The van der Waals surface area contributed by atoms with Gasteiger partial charge in [-0.2, -0.15) is 0 Å². The summed E-state index contributed by atoms with van der Waals surface area (Å²) in [7, 11) is 0.